The van der Waals surface area contributed by atoms with E-state index in [4.69, 9.17) is 10.2 Å². The van der Waals surface area contributed by atoms with Crippen LogP contribution >= 0.6 is 0 Å². The Balaban J connectivity index is 2.31. The molecule has 0 amide bonds. The number of hydrogen-bond donors (Lipinski definition) is 1. The molecule has 0 saturated carbocycles. The predicted octanol–water partition coefficient (Wildman–Crippen LogP) is 3.05. The zero-order chi connectivity index (χ0) is 10.8. The maximum atomic E-state index is 5.42. The second kappa shape index (κ2) is 3.77. The van der Waals surface area contributed by atoms with Gasteiger partial charge >= 0.3 is 0 Å². The maximum Gasteiger partial charge on any atom is 0.292 e. The van der Waals surface area contributed by atoms with Gasteiger partial charge in [0.15, 0.2) is 0 Å². The van der Waals surface area contributed by atoms with Crippen molar-refractivity contribution in [1.29, 1.82) is 0 Å². The van der Waals surface area contributed by atoms with Crippen molar-refractivity contribution in [3.63, 3.8) is 0 Å². The van der Waals surface area contributed by atoms with Crippen LogP contribution in [0.15, 0.2) is 34.9 Å². The van der Waals surface area contributed by atoms with Crippen LogP contribution in [-0.4, -0.2) is 4.98 Å². The van der Waals surface area contributed by atoms with Crippen LogP contribution in [0.5, 0.6) is 0 Å². The lowest BCUT2D eigenvalue weighted by molar-refractivity contribution is 0.581. The van der Waals surface area contributed by atoms with Crippen LogP contribution in [0.25, 0.3) is 11.3 Å². The van der Waals surface area contributed by atoms with E-state index in [1.54, 1.807) is 6.26 Å². The van der Waals surface area contributed by atoms with Crippen molar-refractivity contribution in [3.8, 4) is 11.3 Å². The summed E-state index contributed by atoms with van der Waals surface area (Å²) < 4.78 is 4.96. The third kappa shape index (κ3) is 2.01. The van der Waals surface area contributed by atoms with Crippen molar-refractivity contribution in [3.05, 3.63) is 36.1 Å². The lowest BCUT2D eigenvalue weighted by Gasteiger charge is -2.04. The second-order valence-corrected chi connectivity index (χ2v) is 3.85. The number of rotatable bonds is 2. The number of hydrogen-bond acceptors (Lipinski definition) is 3. The first-order valence-electron chi connectivity index (χ1n) is 4.98. The molecule has 1 aromatic heterocycles. The minimum Gasteiger partial charge on any atom is -0.432 e. The molecule has 3 heteroatoms. The van der Waals surface area contributed by atoms with Crippen molar-refractivity contribution < 1.29 is 4.42 Å². The summed E-state index contributed by atoms with van der Waals surface area (Å²) in [6, 6.07) is 8.48. The first kappa shape index (κ1) is 9.77. The normalized spacial score (nSPS) is 10.9. The molecule has 0 spiro atoms. The molecule has 0 aliphatic carbocycles. The van der Waals surface area contributed by atoms with Crippen LogP contribution < -0.4 is 5.73 Å². The minimum atomic E-state index is 0.206. The van der Waals surface area contributed by atoms with Gasteiger partial charge in [-0.2, -0.15) is 4.98 Å². The Kier molecular flexibility index (Phi) is 2.46. The van der Waals surface area contributed by atoms with Gasteiger partial charge in [-0.15, -0.1) is 0 Å². The molecule has 15 heavy (non-hydrogen) atoms. The predicted molar refractivity (Wildman–Crippen MR) is 60.4 cm³/mol. The van der Waals surface area contributed by atoms with E-state index in [0.717, 1.165) is 11.3 Å². The average Bonchev–Trinajstić information content (AvgIpc) is 2.65. The van der Waals surface area contributed by atoms with E-state index in [2.05, 4.69) is 31.0 Å². The molecule has 2 N–H and O–H groups in total. The van der Waals surface area contributed by atoms with Gasteiger partial charge in [-0.1, -0.05) is 38.1 Å². The fraction of sp³-hybridized carbons (Fsp3) is 0.250. The van der Waals surface area contributed by atoms with Crippen molar-refractivity contribution in [2.75, 3.05) is 5.73 Å². The SMILES string of the molecule is CC(C)c1ccc(-c2coc(N)n2)cc1. The molecule has 3 nitrogen and oxygen atoms in total. The number of nitrogens with two attached hydrogens (primary N) is 1. The summed E-state index contributed by atoms with van der Waals surface area (Å²) in [5, 5.41) is 0. The van der Waals surface area contributed by atoms with Crippen LogP contribution in [-0.2, 0) is 0 Å². The van der Waals surface area contributed by atoms with Crippen molar-refractivity contribution in [1.82, 2.24) is 4.98 Å². The maximum absolute atomic E-state index is 5.42. The highest BCUT2D eigenvalue weighted by molar-refractivity contribution is 5.59. The quantitative estimate of drug-likeness (QED) is 0.814. The lowest BCUT2D eigenvalue weighted by atomic mass is 10.0. The molecule has 0 bridgehead atoms. The Morgan fingerprint density at radius 3 is 2.33 bits per heavy atom. The Morgan fingerprint density at radius 2 is 1.87 bits per heavy atom. The first-order chi connectivity index (χ1) is 7.16. The third-order valence-electron chi connectivity index (χ3n) is 2.40. The zero-order valence-corrected chi connectivity index (χ0v) is 8.90. The van der Waals surface area contributed by atoms with Crippen LogP contribution in [0.2, 0.25) is 0 Å². The number of nitrogen functional groups attached to an aromatic ring is 1. The second-order valence-electron chi connectivity index (χ2n) is 3.85. The summed E-state index contributed by atoms with van der Waals surface area (Å²) in [6.45, 7) is 4.34. The molecule has 0 atom stereocenters. The number of oxazole rings is 1. The highest BCUT2D eigenvalue weighted by atomic mass is 16.4. The summed E-state index contributed by atoms with van der Waals surface area (Å²) in [5.41, 5.74) is 8.54. The molecule has 0 unspecified atom stereocenters. The van der Waals surface area contributed by atoms with Gasteiger partial charge < -0.3 is 10.2 Å². The van der Waals surface area contributed by atoms with E-state index in [9.17, 15) is 0 Å². The van der Waals surface area contributed by atoms with Crippen molar-refractivity contribution in [2.45, 2.75) is 19.8 Å². The van der Waals surface area contributed by atoms with E-state index in [1.807, 2.05) is 12.1 Å². The van der Waals surface area contributed by atoms with Gasteiger partial charge in [0.05, 0.1) is 0 Å². The summed E-state index contributed by atoms with van der Waals surface area (Å²) >= 11 is 0. The van der Waals surface area contributed by atoms with Gasteiger partial charge in [0, 0.05) is 5.56 Å². The van der Waals surface area contributed by atoms with Gasteiger partial charge in [0.25, 0.3) is 6.01 Å². The molecule has 0 aliphatic rings. The fourth-order valence-electron chi connectivity index (χ4n) is 1.46. The molecular weight excluding hydrogens is 188 g/mol. The largest absolute Gasteiger partial charge is 0.432 e. The van der Waals surface area contributed by atoms with Gasteiger partial charge in [-0.25, -0.2) is 0 Å². The summed E-state index contributed by atoms with van der Waals surface area (Å²) in [6.07, 6.45) is 1.57. The number of aromatic nitrogens is 1. The van der Waals surface area contributed by atoms with Crippen LogP contribution in [0, 0.1) is 0 Å². The van der Waals surface area contributed by atoms with Gasteiger partial charge in [-0.05, 0) is 11.5 Å². The molecule has 1 heterocycles. The smallest absolute Gasteiger partial charge is 0.292 e. The molecule has 2 rings (SSSR count). The highest BCUT2D eigenvalue weighted by Crippen LogP contribution is 2.22. The van der Waals surface area contributed by atoms with E-state index < -0.39 is 0 Å². The summed E-state index contributed by atoms with van der Waals surface area (Å²) in [4.78, 5) is 4.07. The van der Waals surface area contributed by atoms with Crippen LogP contribution in [0.4, 0.5) is 6.01 Å². The number of benzene rings is 1. The average molecular weight is 202 g/mol. The molecule has 0 fully saturated rings. The standard InChI is InChI=1S/C12H14N2O/c1-8(2)9-3-5-10(6-4-9)11-7-15-12(13)14-11/h3-8H,1-2H3,(H2,13,14). The molecule has 2 aromatic rings. The highest BCUT2D eigenvalue weighted by Gasteiger charge is 2.04. The van der Waals surface area contributed by atoms with Gasteiger partial charge in [0.2, 0.25) is 0 Å². The molecule has 78 valence electrons. The van der Waals surface area contributed by atoms with Gasteiger partial charge in [0.1, 0.15) is 12.0 Å². The van der Waals surface area contributed by atoms with Crippen LogP contribution in [0.3, 0.4) is 0 Å². The van der Waals surface area contributed by atoms with E-state index >= 15 is 0 Å². The summed E-state index contributed by atoms with van der Waals surface area (Å²) in [7, 11) is 0. The third-order valence-corrected chi connectivity index (χ3v) is 2.40. The topological polar surface area (TPSA) is 52.0 Å². The Labute approximate surface area is 88.9 Å². The Bertz CT molecular complexity index is 443. The fourth-order valence-corrected chi connectivity index (χ4v) is 1.46. The van der Waals surface area contributed by atoms with E-state index in [1.165, 1.54) is 5.56 Å². The van der Waals surface area contributed by atoms with Crippen LogP contribution in [0.1, 0.15) is 25.3 Å². The number of nitrogens with zero attached hydrogens (tertiary/aromatic N) is 1. The van der Waals surface area contributed by atoms with Crippen molar-refractivity contribution in [2.24, 2.45) is 0 Å². The summed E-state index contributed by atoms with van der Waals surface area (Å²) in [5.74, 6) is 0.543. The Morgan fingerprint density at radius 1 is 1.20 bits per heavy atom. The number of anilines is 1. The molecule has 0 radical (unpaired) electrons. The van der Waals surface area contributed by atoms with E-state index in [0.29, 0.717) is 5.92 Å². The molecule has 0 saturated heterocycles. The monoisotopic (exact) mass is 202 g/mol. The Hall–Kier alpha value is -1.77. The van der Waals surface area contributed by atoms with E-state index in [-0.39, 0.29) is 6.01 Å². The van der Waals surface area contributed by atoms with Crippen molar-refractivity contribution >= 4 is 6.01 Å². The molecule has 0 aliphatic heterocycles. The molecular formula is C12H14N2O. The van der Waals surface area contributed by atoms with Gasteiger partial charge in [-0.3, -0.25) is 0 Å². The minimum absolute atomic E-state index is 0.206. The zero-order valence-electron chi connectivity index (χ0n) is 8.90. The lowest BCUT2D eigenvalue weighted by Crippen LogP contribution is -1.87. The molecule has 1 aromatic carbocycles. The first-order valence-corrected chi connectivity index (χ1v) is 4.98.